The molecule has 1 atom stereocenters. The lowest BCUT2D eigenvalue weighted by Gasteiger charge is -2.34. The molecule has 2 N–H and O–H groups in total. The number of methoxy groups -OCH3 is 1. The van der Waals surface area contributed by atoms with Crippen molar-refractivity contribution in [3.8, 4) is 0 Å². The molecule has 0 saturated heterocycles. The Morgan fingerprint density at radius 3 is 2.50 bits per heavy atom. The van der Waals surface area contributed by atoms with E-state index >= 15 is 0 Å². The van der Waals surface area contributed by atoms with Crippen molar-refractivity contribution >= 4 is 0 Å². The number of aliphatic hydroxyl groups is 1. The van der Waals surface area contributed by atoms with Crippen molar-refractivity contribution in [3.63, 3.8) is 0 Å². The van der Waals surface area contributed by atoms with E-state index in [1.807, 2.05) is 30.3 Å². The van der Waals surface area contributed by atoms with Gasteiger partial charge in [0, 0.05) is 13.7 Å². The molecule has 0 bridgehead atoms. The van der Waals surface area contributed by atoms with Crippen LogP contribution in [0.4, 0.5) is 0 Å². The third kappa shape index (κ3) is 5.21. The number of aliphatic hydroxyl groups excluding tert-OH is 1. The fraction of sp³-hybridized carbons (Fsp3) is 0.625. The van der Waals surface area contributed by atoms with Crippen LogP contribution in [0.2, 0.25) is 0 Å². The van der Waals surface area contributed by atoms with Crippen molar-refractivity contribution in [1.82, 2.24) is 5.32 Å². The fourth-order valence-corrected chi connectivity index (χ4v) is 2.17. The predicted molar refractivity (Wildman–Crippen MR) is 80.8 cm³/mol. The zero-order chi connectivity index (χ0) is 14.7. The van der Waals surface area contributed by atoms with Crippen LogP contribution in [0, 0.1) is 0 Å². The first-order valence-corrected chi connectivity index (χ1v) is 7.27. The highest BCUT2D eigenvalue weighted by molar-refractivity contribution is 5.24. The Morgan fingerprint density at radius 2 is 1.90 bits per heavy atom. The summed E-state index contributed by atoms with van der Waals surface area (Å²) in [6, 6.07) is 10.1. The molecule has 0 amide bonds. The molecule has 0 fully saturated rings. The van der Waals surface area contributed by atoms with Crippen molar-refractivity contribution in [2.24, 2.45) is 0 Å². The smallest absolute Gasteiger partial charge is 0.0700 e. The van der Waals surface area contributed by atoms with Crippen molar-refractivity contribution in [1.29, 1.82) is 0 Å². The van der Waals surface area contributed by atoms with Gasteiger partial charge in [0.15, 0.2) is 0 Å². The summed E-state index contributed by atoms with van der Waals surface area (Å²) in [4.78, 5) is 0. The topological polar surface area (TPSA) is 50.7 Å². The molecular weight excluding hydrogens is 254 g/mol. The molecule has 0 aliphatic rings. The van der Waals surface area contributed by atoms with Gasteiger partial charge in [-0.25, -0.2) is 0 Å². The van der Waals surface area contributed by atoms with E-state index < -0.39 is 5.54 Å². The Kier molecular flexibility index (Phi) is 8.46. The first-order chi connectivity index (χ1) is 9.79. The number of benzene rings is 1. The highest BCUT2D eigenvalue weighted by Gasteiger charge is 2.30. The standard InChI is InChI=1S/C16H27NO3/c1-3-10-17-16(14-18,9-11-20-13-12-19-2)15-7-5-4-6-8-15/h4-8,17-18H,3,9-14H2,1-2H3. The molecule has 0 heterocycles. The summed E-state index contributed by atoms with van der Waals surface area (Å²) in [5.74, 6) is 0. The third-order valence-electron chi connectivity index (χ3n) is 3.41. The van der Waals surface area contributed by atoms with Crippen LogP contribution in [-0.4, -0.2) is 45.2 Å². The lowest BCUT2D eigenvalue weighted by Crippen LogP contribution is -2.47. The molecule has 4 nitrogen and oxygen atoms in total. The molecule has 1 aromatic rings. The quantitative estimate of drug-likeness (QED) is 0.609. The third-order valence-corrected chi connectivity index (χ3v) is 3.41. The van der Waals surface area contributed by atoms with Gasteiger partial charge in [0.2, 0.25) is 0 Å². The monoisotopic (exact) mass is 281 g/mol. The summed E-state index contributed by atoms with van der Waals surface area (Å²) in [6.07, 6.45) is 1.76. The molecular formula is C16H27NO3. The van der Waals surface area contributed by atoms with E-state index in [9.17, 15) is 5.11 Å². The summed E-state index contributed by atoms with van der Waals surface area (Å²) < 4.78 is 10.5. The van der Waals surface area contributed by atoms with Crippen molar-refractivity contribution in [2.75, 3.05) is 40.1 Å². The maximum Gasteiger partial charge on any atom is 0.0700 e. The van der Waals surface area contributed by atoms with E-state index in [-0.39, 0.29) is 6.61 Å². The van der Waals surface area contributed by atoms with Gasteiger partial charge in [0.05, 0.1) is 25.4 Å². The van der Waals surface area contributed by atoms with Gasteiger partial charge in [0.25, 0.3) is 0 Å². The zero-order valence-corrected chi connectivity index (χ0v) is 12.6. The minimum Gasteiger partial charge on any atom is -0.394 e. The molecule has 1 unspecified atom stereocenters. The van der Waals surface area contributed by atoms with E-state index in [0.717, 1.165) is 24.9 Å². The van der Waals surface area contributed by atoms with E-state index in [2.05, 4.69) is 12.2 Å². The fourth-order valence-electron chi connectivity index (χ4n) is 2.17. The molecule has 20 heavy (non-hydrogen) atoms. The highest BCUT2D eigenvalue weighted by Crippen LogP contribution is 2.24. The molecule has 0 aliphatic carbocycles. The normalized spacial score (nSPS) is 14.2. The van der Waals surface area contributed by atoms with Gasteiger partial charge >= 0.3 is 0 Å². The zero-order valence-electron chi connectivity index (χ0n) is 12.6. The second kappa shape index (κ2) is 9.88. The van der Waals surface area contributed by atoms with Crippen LogP contribution >= 0.6 is 0 Å². The molecule has 0 radical (unpaired) electrons. The second-order valence-corrected chi connectivity index (χ2v) is 4.89. The number of ether oxygens (including phenoxy) is 2. The molecule has 1 aromatic carbocycles. The average molecular weight is 281 g/mol. The molecule has 0 saturated carbocycles. The number of hydrogen-bond acceptors (Lipinski definition) is 4. The Morgan fingerprint density at radius 1 is 1.15 bits per heavy atom. The number of nitrogens with one attached hydrogen (secondary N) is 1. The van der Waals surface area contributed by atoms with Gasteiger partial charge in [-0.05, 0) is 24.9 Å². The molecule has 0 aromatic heterocycles. The summed E-state index contributed by atoms with van der Waals surface area (Å²) in [5, 5.41) is 13.4. The molecule has 114 valence electrons. The van der Waals surface area contributed by atoms with Gasteiger partial charge in [0.1, 0.15) is 0 Å². The van der Waals surface area contributed by atoms with Crippen molar-refractivity contribution < 1.29 is 14.6 Å². The van der Waals surface area contributed by atoms with E-state index in [4.69, 9.17) is 9.47 Å². The van der Waals surface area contributed by atoms with E-state index in [1.54, 1.807) is 7.11 Å². The van der Waals surface area contributed by atoms with Gasteiger partial charge in [-0.1, -0.05) is 37.3 Å². The molecule has 1 rings (SSSR count). The lowest BCUT2D eigenvalue weighted by atomic mass is 9.87. The Bertz CT molecular complexity index is 345. The maximum atomic E-state index is 9.92. The van der Waals surface area contributed by atoms with Gasteiger partial charge in [-0.3, -0.25) is 0 Å². The van der Waals surface area contributed by atoms with Crippen LogP contribution < -0.4 is 5.32 Å². The Labute approximate surface area is 122 Å². The maximum absolute atomic E-state index is 9.92. The van der Waals surface area contributed by atoms with Crippen molar-refractivity contribution in [3.05, 3.63) is 35.9 Å². The van der Waals surface area contributed by atoms with E-state index in [1.165, 1.54) is 0 Å². The summed E-state index contributed by atoms with van der Waals surface area (Å²) in [7, 11) is 1.66. The second-order valence-electron chi connectivity index (χ2n) is 4.89. The Hall–Kier alpha value is -0.940. The highest BCUT2D eigenvalue weighted by atomic mass is 16.5. The first-order valence-electron chi connectivity index (χ1n) is 7.27. The van der Waals surface area contributed by atoms with Gasteiger partial charge < -0.3 is 19.9 Å². The molecule has 4 heteroatoms. The summed E-state index contributed by atoms with van der Waals surface area (Å²) in [6.45, 7) is 4.82. The van der Waals surface area contributed by atoms with Crippen LogP contribution in [0.5, 0.6) is 0 Å². The van der Waals surface area contributed by atoms with Crippen LogP contribution in [0.25, 0.3) is 0 Å². The minimum absolute atomic E-state index is 0.0602. The number of rotatable bonds is 11. The van der Waals surface area contributed by atoms with Gasteiger partial charge in [-0.15, -0.1) is 0 Å². The minimum atomic E-state index is -0.426. The predicted octanol–water partition coefficient (Wildman–Crippen LogP) is 1.93. The van der Waals surface area contributed by atoms with Crippen molar-refractivity contribution in [2.45, 2.75) is 25.3 Å². The van der Waals surface area contributed by atoms with Crippen LogP contribution in [-0.2, 0) is 15.0 Å². The first kappa shape index (κ1) is 17.1. The summed E-state index contributed by atoms with van der Waals surface area (Å²) in [5.41, 5.74) is 0.677. The molecule has 0 spiro atoms. The number of hydrogen-bond donors (Lipinski definition) is 2. The lowest BCUT2D eigenvalue weighted by molar-refractivity contribution is 0.0463. The van der Waals surface area contributed by atoms with Gasteiger partial charge in [-0.2, -0.15) is 0 Å². The van der Waals surface area contributed by atoms with E-state index in [0.29, 0.717) is 19.8 Å². The molecule has 0 aliphatic heterocycles. The van der Waals surface area contributed by atoms with Crippen LogP contribution in [0.15, 0.2) is 30.3 Å². The largest absolute Gasteiger partial charge is 0.394 e. The Balaban J connectivity index is 2.67. The SMILES string of the molecule is CCCNC(CO)(CCOCCOC)c1ccccc1. The summed E-state index contributed by atoms with van der Waals surface area (Å²) >= 11 is 0. The van der Waals surface area contributed by atoms with Crippen LogP contribution in [0.1, 0.15) is 25.3 Å². The average Bonchev–Trinajstić information content (AvgIpc) is 2.51. The van der Waals surface area contributed by atoms with Crippen LogP contribution in [0.3, 0.4) is 0 Å².